The van der Waals surface area contributed by atoms with E-state index in [2.05, 4.69) is 10.3 Å². The molecule has 3 aromatic rings. The van der Waals surface area contributed by atoms with Crippen molar-refractivity contribution in [3.8, 4) is 0 Å². The van der Waals surface area contributed by atoms with Crippen LogP contribution in [0.1, 0.15) is 12.0 Å². The number of amides is 2. The smallest absolute Gasteiger partial charge is 0.328 e. The Bertz CT molecular complexity index is 1270. The Morgan fingerprint density at radius 3 is 2.39 bits per heavy atom. The second-order valence-corrected chi connectivity index (χ2v) is 8.25. The molecule has 0 bridgehead atoms. The van der Waals surface area contributed by atoms with Gasteiger partial charge in [-0.1, -0.05) is 29.8 Å². The molecule has 0 unspecified atom stereocenters. The molecule has 1 fully saturated rings. The number of fused-ring (bicyclic) bond motifs is 1. The molecule has 2 aromatic carbocycles. The summed E-state index contributed by atoms with van der Waals surface area (Å²) in [7, 11) is 0. The van der Waals surface area contributed by atoms with Crippen molar-refractivity contribution < 1.29 is 9.59 Å². The number of nitrogens with zero attached hydrogens (tertiary/aromatic N) is 3. The fraction of sp³-hybridized carbons (Fsp3) is 0.333. The highest BCUT2D eigenvalue weighted by Gasteiger charge is 2.22. The standard InChI is InChI=1S/C24H27N5O4/c1-17-6-8-18(9-7-17)25-21(30)16-27-12-14-28(15-13-27)22(31)10-11-29-20-5-3-2-4-19(20)23(32)26-24(29)33/h2-9H,10-16H2,1H3,(H,25,30)(H,26,32,33). The molecule has 4 rings (SSSR count). The Morgan fingerprint density at radius 1 is 0.970 bits per heavy atom. The van der Waals surface area contributed by atoms with Crippen LogP contribution in [0, 0.1) is 6.92 Å². The maximum Gasteiger partial charge on any atom is 0.328 e. The summed E-state index contributed by atoms with van der Waals surface area (Å²) in [6.45, 7) is 4.72. The Kier molecular flexibility index (Phi) is 6.69. The van der Waals surface area contributed by atoms with Gasteiger partial charge in [0.1, 0.15) is 0 Å². The fourth-order valence-electron chi connectivity index (χ4n) is 4.03. The van der Waals surface area contributed by atoms with Gasteiger partial charge in [-0.3, -0.25) is 28.8 Å². The third-order valence-corrected chi connectivity index (χ3v) is 5.88. The first-order valence-corrected chi connectivity index (χ1v) is 11.0. The van der Waals surface area contributed by atoms with E-state index < -0.39 is 11.2 Å². The summed E-state index contributed by atoms with van der Waals surface area (Å²) in [4.78, 5) is 55.4. The molecular weight excluding hydrogens is 422 g/mol. The number of anilines is 1. The zero-order chi connectivity index (χ0) is 23.4. The minimum Gasteiger partial charge on any atom is -0.340 e. The van der Waals surface area contributed by atoms with E-state index in [9.17, 15) is 19.2 Å². The Morgan fingerprint density at radius 2 is 1.67 bits per heavy atom. The Hall–Kier alpha value is -3.72. The minimum absolute atomic E-state index is 0.0547. The number of piperazine rings is 1. The summed E-state index contributed by atoms with van der Waals surface area (Å²) >= 11 is 0. The predicted molar refractivity (Wildman–Crippen MR) is 126 cm³/mol. The van der Waals surface area contributed by atoms with Crippen LogP contribution < -0.4 is 16.6 Å². The number of rotatable bonds is 6. The van der Waals surface area contributed by atoms with Gasteiger partial charge in [-0.2, -0.15) is 0 Å². The fourth-order valence-corrected chi connectivity index (χ4v) is 4.03. The Balaban J connectivity index is 1.28. The summed E-state index contributed by atoms with van der Waals surface area (Å²) in [5.74, 6) is -0.135. The summed E-state index contributed by atoms with van der Waals surface area (Å²) in [5, 5.41) is 3.31. The second kappa shape index (κ2) is 9.83. The normalized spacial score (nSPS) is 14.4. The van der Waals surface area contributed by atoms with Gasteiger partial charge >= 0.3 is 5.69 Å². The molecule has 9 nitrogen and oxygen atoms in total. The lowest BCUT2D eigenvalue weighted by Gasteiger charge is -2.34. The third kappa shape index (κ3) is 5.38. The molecular formula is C24H27N5O4. The number of aromatic nitrogens is 2. The first-order chi connectivity index (χ1) is 15.9. The topological polar surface area (TPSA) is 108 Å². The lowest BCUT2D eigenvalue weighted by molar-refractivity contribution is -0.133. The van der Waals surface area contributed by atoms with E-state index in [0.717, 1.165) is 11.3 Å². The predicted octanol–water partition coefficient (Wildman–Crippen LogP) is 1.17. The van der Waals surface area contributed by atoms with Crippen molar-refractivity contribution >= 4 is 28.4 Å². The summed E-state index contributed by atoms with van der Waals surface area (Å²) in [6.07, 6.45) is 0.157. The number of aryl methyl sites for hydroxylation is 2. The second-order valence-electron chi connectivity index (χ2n) is 8.25. The molecule has 2 amide bonds. The molecule has 2 N–H and O–H groups in total. The van der Waals surface area contributed by atoms with Gasteiger partial charge in [0.25, 0.3) is 5.56 Å². The average molecular weight is 450 g/mol. The van der Waals surface area contributed by atoms with E-state index in [-0.39, 0.29) is 31.3 Å². The number of carbonyl (C=O) groups is 2. The van der Waals surface area contributed by atoms with E-state index in [1.807, 2.05) is 36.1 Å². The largest absolute Gasteiger partial charge is 0.340 e. The highest BCUT2D eigenvalue weighted by atomic mass is 16.2. The van der Waals surface area contributed by atoms with Gasteiger partial charge in [0, 0.05) is 44.8 Å². The lowest BCUT2D eigenvalue weighted by atomic mass is 10.2. The van der Waals surface area contributed by atoms with Crippen LogP contribution in [-0.4, -0.2) is 63.9 Å². The summed E-state index contributed by atoms with van der Waals surface area (Å²) in [5.41, 5.74) is 1.47. The molecule has 1 aliphatic rings. The van der Waals surface area contributed by atoms with E-state index >= 15 is 0 Å². The Labute approximate surface area is 190 Å². The van der Waals surface area contributed by atoms with Crippen LogP contribution in [0.4, 0.5) is 5.69 Å². The van der Waals surface area contributed by atoms with Crippen molar-refractivity contribution in [1.82, 2.24) is 19.4 Å². The van der Waals surface area contributed by atoms with E-state index in [0.29, 0.717) is 37.1 Å². The number of para-hydroxylation sites is 1. The first-order valence-electron chi connectivity index (χ1n) is 11.0. The number of nitrogens with one attached hydrogen (secondary N) is 2. The van der Waals surface area contributed by atoms with Crippen molar-refractivity contribution in [1.29, 1.82) is 0 Å². The molecule has 172 valence electrons. The maximum atomic E-state index is 12.7. The van der Waals surface area contributed by atoms with Crippen LogP contribution in [0.25, 0.3) is 10.9 Å². The summed E-state index contributed by atoms with van der Waals surface area (Å²) in [6, 6.07) is 14.5. The van der Waals surface area contributed by atoms with Crippen molar-refractivity contribution in [2.45, 2.75) is 19.9 Å². The van der Waals surface area contributed by atoms with Gasteiger partial charge in [-0.15, -0.1) is 0 Å². The summed E-state index contributed by atoms with van der Waals surface area (Å²) < 4.78 is 1.43. The van der Waals surface area contributed by atoms with E-state index in [1.165, 1.54) is 4.57 Å². The van der Waals surface area contributed by atoms with Gasteiger partial charge < -0.3 is 10.2 Å². The minimum atomic E-state index is -0.518. The monoisotopic (exact) mass is 449 g/mol. The molecule has 0 aliphatic carbocycles. The molecule has 2 heterocycles. The van der Waals surface area contributed by atoms with E-state index in [4.69, 9.17) is 0 Å². The SMILES string of the molecule is Cc1ccc(NC(=O)CN2CCN(C(=O)CCn3c(=O)[nH]c(=O)c4ccccc43)CC2)cc1. The van der Waals surface area contributed by atoms with Crippen molar-refractivity contribution in [3.05, 3.63) is 74.9 Å². The number of hydrogen-bond donors (Lipinski definition) is 2. The van der Waals surface area contributed by atoms with Crippen LogP contribution >= 0.6 is 0 Å². The molecule has 0 atom stereocenters. The molecule has 0 saturated carbocycles. The van der Waals surface area contributed by atoms with Gasteiger partial charge in [0.15, 0.2) is 0 Å². The van der Waals surface area contributed by atoms with Crippen LogP contribution in [0.2, 0.25) is 0 Å². The first kappa shape index (κ1) is 22.5. The molecule has 33 heavy (non-hydrogen) atoms. The van der Waals surface area contributed by atoms with Gasteiger partial charge in [-0.05, 0) is 31.2 Å². The highest BCUT2D eigenvalue weighted by molar-refractivity contribution is 5.92. The van der Waals surface area contributed by atoms with Crippen molar-refractivity contribution in [3.63, 3.8) is 0 Å². The number of carbonyl (C=O) groups excluding carboxylic acids is 2. The van der Waals surface area contributed by atoms with Gasteiger partial charge in [-0.25, -0.2) is 4.79 Å². The molecule has 0 spiro atoms. The van der Waals surface area contributed by atoms with E-state index in [1.54, 1.807) is 29.2 Å². The van der Waals surface area contributed by atoms with Gasteiger partial charge in [0.2, 0.25) is 11.8 Å². The van der Waals surface area contributed by atoms with Crippen LogP contribution in [0.15, 0.2) is 58.1 Å². The van der Waals surface area contributed by atoms with Crippen LogP contribution in [0.5, 0.6) is 0 Å². The van der Waals surface area contributed by atoms with Crippen molar-refractivity contribution in [2.75, 3.05) is 38.0 Å². The van der Waals surface area contributed by atoms with Crippen LogP contribution in [-0.2, 0) is 16.1 Å². The highest BCUT2D eigenvalue weighted by Crippen LogP contribution is 2.11. The van der Waals surface area contributed by atoms with Crippen molar-refractivity contribution in [2.24, 2.45) is 0 Å². The number of aromatic amines is 1. The zero-order valence-electron chi connectivity index (χ0n) is 18.5. The van der Waals surface area contributed by atoms with Crippen LogP contribution in [0.3, 0.4) is 0 Å². The molecule has 1 saturated heterocycles. The zero-order valence-corrected chi connectivity index (χ0v) is 18.5. The quantitative estimate of drug-likeness (QED) is 0.588. The number of benzene rings is 2. The lowest BCUT2D eigenvalue weighted by Crippen LogP contribution is -2.50. The van der Waals surface area contributed by atoms with Gasteiger partial charge in [0.05, 0.1) is 17.4 Å². The maximum absolute atomic E-state index is 12.7. The third-order valence-electron chi connectivity index (χ3n) is 5.88. The molecule has 9 heteroatoms. The molecule has 1 aromatic heterocycles. The molecule has 1 aliphatic heterocycles. The average Bonchev–Trinajstić information content (AvgIpc) is 2.81. The number of hydrogen-bond acceptors (Lipinski definition) is 5. The molecule has 0 radical (unpaired) electrons. The number of H-pyrrole nitrogens is 1.